The average molecular weight is 400 g/mol. The maximum atomic E-state index is 13.0. The van der Waals surface area contributed by atoms with Crippen molar-refractivity contribution in [2.75, 3.05) is 33.4 Å². The van der Waals surface area contributed by atoms with Gasteiger partial charge in [0.05, 0.1) is 24.9 Å². The molecule has 6 nitrogen and oxygen atoms in total. The Morgan fingerprint density at radius 3 is 2.81 bits per heavy atom. The van der Waals surface area contributed by atoms with Gasteiger partial charge in [-0.05, 0) is 24.3 Å². The summed E-state index contributed by atoms with van der Waals surface area (Å²) in [5.41, 5.74) is 0.577. The van der Waals surface area contributed by atoms with Crippen LogP contribution >= 0.6 is 24.8 Å². The number of rotatable bonds is 5. The SMILES string of the molecule is COc1ccccc1C(=O)N1CCNCC1COc1cccnc1.Cl.Cl. The molecule has 1 fully saturated rings. The van der Waals surface area contributed by atoms with Crippen molar-refractivity contribution in [1.29, 1.82) is 0 Å². The molecule has 1 aliphatic rings. The van der Waals surface area contributed by atoms with Gasteiger partial charge in [-0.2, -0.15) is 0 Å². The number of nitrogens with zero attached hydrogens (tertiary/aromatic N) is 2. The van der Waals surface area contributed by atoms with E-state index in [2.05, 4.69) is 10.3 Å². The van der Waals surface area contributed by atoms with Gasteiger partial charge in [-0.3, -0.25) is 9.78 Å². The van der Waals surface area contributed by atoms with Gasteiger partial charge in [0.15, 0.2) is 0 Å². The molecule has 8 heteroatoms. The molecule has 1 aromatic heterocycles. The Labute approximate surface area is 165 Å². The standard InChI is InChI=1S/C18H21N3O3.2ClH/c1-23-17-7-3-2-6-16(17)18(22)21-10-9-20-11-14(21)13-24-15-5-4-8-19-12-15;;/h2-8,12,14,20H,9-11,13H2,1H3;2*1H. The number of aromatic nitrogens is 1. The van der Waals surface area contributed by atoms with E-state index in [0.29, 0.717) is 36.8 Å². The Hall–Kier alpha value is -2.02. The zero-order valence-corrected chi connectivity index (χ0v) is 16.1. The summed E-state index contributed by atoms with van der Waals surface area (Å²) >= 11 is 0. The lowest BCUT2D eigenvalue weighted by Gasteiger charge is -2.36. The van der Waals surface area contributed by atoms with Crippen molar-refractivity contribution in [3.05, 3.63) is 54.4 Å². The normalized spacial score (nSPS) is 16.0. The fourth-order valence-corrected chi connectivity index (χ4v) is 2.78. The van der Waals surface area contributed by atoms with Gasteiger partial charge in [0.25, 0.3) is 5.91 Å². The molecule has 1 aromatic carbocycles. The molecule has 142 valence electrons. The lowest BCUT2D eigenvalue weighted by Crippen LogP contribution is -2.55. The van der Waals surface area contributed by atoms with Crippen LogP contribution in [-0.2, 0) is 0 Å². The number of hydrogen-bond acceptors (Lipinski definition) is 5. The zero-order chi connectivity index (χ0) is 16.8. The Balaban J connectivity index is 0.00000169. The summed E-state index contributed by atoms with van der Waals surface area (Å²) in [6.45, 7) is 2.52. The third kappa shape index (κ3) is 5.24. The fourth-order valence-electron chi connectivity index (χ4n) is 2.78. The van der Waals surface area contributed by atoms with Crippen LogP contribution in [0.1, 0.15) is 10.4 Å². The fraction of sp³-hybridized carbons (Fsp3) is 0.333. The highest BCUT2D eigenvalue weighted by Gasteiger charge is 2.29. The van der Waals surface area contributed by atoms with Crippen LogP contribution in [0.4, 0.5) is 0 Å². The van der Waals surface area contributed by atoms with E-state index in [-0.39, 0.29) is 36.8 Å². The Bertz CT molecular complexity index is 688. The number of nitrogens with one attached hydrogen (secondary N) is 1. The number of ether oxygens (including phenoxy) is 2. The summed E-state index contributed by atoms with van der Waals surface area (Å²) in [7, 11) is 1.58. The summed E-state index contributed by atoms with van der Waals surface area (Å²) in [6, 6.07) is 10.9. The van der Waals surface area contributed by atoms with E-state index in [1.165, 1.54) is 0 Å². The minimum atomic E-state index is -0.0450. The first-order valence-electron chi connectivity index (χ1n) is 7.97. The molecule has 2 heterocycles. The van der Waals surface area contributed by atoms with Crippen LogP contribution in [0.5, 0.6) is 11.5 Å². The van der Waals surface area contributed by atoms with Crippen LogP contribution in [0.3, 0.4) is 0 Å². The number of benzene rings is 1. The largest absolute Gasteiger partial charge is 0.496 e. The zero-order valence-electron chi connectivity index (χ0n) is 14.5. The first-order valence-corrected chi connectivity index (χ1v) is 7.97. The predicted molar refractivity (Wildman–Crippen MR) is 105 cm³/mol. The van der Waals surface area contributed by atoms with E-state index in [1.54, 1.807) is 31.6 Å². The van der Waals surface area contributed by atoms with Crippen molar-refractivity contribution >= 4 is 30.7 Å². The number of carbonyl (C=O) groups excluding carboxylic acids is 1. The second-order valence-corrected chi connectivity index (χ2v) is 5.56. The summed E-state index contributed by atoms with van der Waals surface area (Å²) in [4.78, 5) is 18.8. The van der Waals surface area contributed by atoms with Gasteiger partial charge in [0.1, 0.15) is 18.1 Å². The summed E-state index contributed by atoms with van der Waals surface area (Å²) in [6.07, 6.45) is 3.37. The van der Waals surface area contributed by atoms with E-state index in [9.17, 15) is 4.79 Å². The molecule has 1 atom stereocenters. The first kappa shape index (κ1) is 22.0. The van der Waals surface area contributed by atoms with Crippen LogP contribution in [0.15, 0.2) is 48.8 Å². The minimum absolute atomic E-state index is 0. The van der Waals surface area contributed by atoms with Gasteiger partial charge in [0.2, 0.25) is 0 Å². The summed E-state index contributed by atoms with van der Waals surface area (Å²) in [5, 5.41) is 3.32. The van der Waals surface area contributed by atoms with Crippen LogP contribution in [0, 0.1) is 0 Å². The molecule has 0 spiro atoms. The van der Waals surface area contributed by atoms with Gasteiger partial charge in [-0.1, -0.05) is 12.1 Å². The predicted octanol–water partition coefficient (Wildman–Crippen LogP) is 2.43. The molecule has 1 amide bonds. The molecule has 1 aliphatic heterocycles. The summed E-state index contributed by atoms with van der Waals surface area (Å²) in [5.74, 6) is 1.26. The van der Waals surface area contributed by atoms with E-state index in [1.807, 2.05) is 29.2 Å². The van der Waals surface area contributed by atoms with Gasteiger partial charge in [-0.15, -0.1) is 24.8 Å². The van der Waals surface area contributed by atoms with Crippen molar-refractivity contribution in [2.24, 2.45) is 0 Å². The monoisotopic (exact) mass is 399 g/mol. The van der Waals surface area contributed by atoms with Gasteiger partial charge >= 0.3 is 0 Å². The van der Waals surface area contributed by atoms with E-state index in [0.717, 1.165) is 6.54 Å². The van der Waals surface area contributed by atoms with Crippen LogP contribution < -0.4 is 14.8 Å². The third-order valence-corrected chi connectivity index (χ3v) is 4.03. The van der Waals surface area contributed by atoms with Gasteiger partial charge in [0, 0.05) is 25.8 Å². The maximum absolute atomic E-state index is 13.0. The van der Waals surface area contributed by atoms with Crippen molar-refractivity contribution in [1.82, 2.24) is 15.2 Å². The lowest BCUT2D eigenvalue weighted by molar-refractivity contribution is 0.0556. The summed E-state index contributed by atoms with van der Waals surface area (Å²) < 4.78 is 11.1. The molecule has 3 rings (SSSR count). The number of halogens is 2. The Morgan fingerprint density at radius 2 is 2.08 bits per heavy atom. The highest BCUT2D eigenvalue weighted by Crippen LogP contribution is 2.21. The quantitative estimate of drug-likeness (QED) is 0.836. The molecule has 0 saturated carbocycles. The second-order valence-electron chi connectivity index (χ2n) is 5.56. The van der Waals surface area contributed by atoms with Crippen LogP contribution in [0.25, 0.3) is 0 Å². The molecular weight excluding hydrogens is 377 g/mol. The molecule has 0 aliphatic carbocycles. The Morgan fingerprint density at radius 1 is 1.27 bits per heavy atom. The number of piperazine rings is 1. The van der Waals surface area contributed by atoms with Crippen molar-refractivity contribution in [3.63, 3.8) is 0 Å². The number of para-hydroxylation sites is 1. The van der Waals surface area contributed by atoms with Crippen molar-refractivity contribution in [2.45, 2.75) is 6.04 Å². The van der Waals surface area contributed by atoms with Crippen molar-refractivity contribution in [3.8, 4) is 11.5 Å². The van der Waals surface area contributed by atoms with E-state index in [4.69, 9.17) is 9.47 Å². The topological polar surface area (TPSA) is 63.7 Å². The third-order valence-electron chi connectivity index (χ3n) is 4.03. The number of carbonyl (C=O) groups is 1. The molecule has 1 saturated heterocycles. The molecule has 1 unspecified atom stereocenters. The van der Waals surface area contributed by atoms with Gasteiger partial charge < -0.3 is 19.7 Å². The number of amides is 1. The van der Waals surface area contributed by atoms with E-state index >= 15 is 0 Å². The molecule has 0 bridgehead atoms. The number of pyridine rings is 1. The van der Waals surface area contributed by atoms with Crippen LogP contribution in [0.2, 0.25) is 0 Å². The van der Waals surface area contributed by atoms with Gasteiger partial charge in [-0.25, -0.2) is 0 Å². The molecule has 1 N–H and O–H groups in total. The highest BCUT2D eigenvalue weighted by atomic mass is 35.5. The Kier molecular flexibility index (Phi) is 9.19. The second kappa shape index (κ2) is 10.9. The molecule has 0 radical (unpaired) electrons. The lowest BCUT2D eigenvalue weighted by atomic mass is 10.1. The van der Waals surface area contributed by atoms with E-state index < -0.39 is 0 Å². The number of methoxy groups -OCH3 is 1. The average Bonchev–Trinajstić information content (AvgIpc) is 2.67. The van der Waals surface area contributed by atoms with Crippen LogP contribution in [-0.4, -0.2) is 55.2 Å². The smallest absolute Gasteiger partial charge is 0.258 e. The number of hydrogen-bond donors (Lipinski definition) is 1. The molecule has 26 heavy (non-hydrogen) atoms. The molecular formula is C18H23Cl2N3O3. The van der Waals surface area contributed by atoms with Crippen molar-refractivity contribution < 1.29 is 14.3 Å². The highest BCUT2D eigenvalue weighted by molar-refractivity contribution is 5.97. The minimum Gasteiger partial charge on any atom is -0.496 e. The first-order chi connectivity index (χ1) is 11.8. The molecule has 2 aromatic rings. The maximum Gasteiger partial charge on any atom is 0.258 e.